The van der Waals surface area contributed by atoms with Gasteiger partial charge in [-0.15, -0.1) is 0 Å². The highest BCUT2D eigenvalue weighted by Crippen LogP contribution is 2.29. The van der Waals surface area contributed by atoms with Gasteiger partial charge in [-0.3, -0.25) is 4.79 Å². The Kier molecular flexibility index (Phi) is 6.49. The van der Waals surface area contributed by atoms with E-state index in [0.29, 0.717) is 6.54 Å². The fourth-order valence-electron chi connectivity index (χ4n) is 1.90. The molecule has 0 bridgehead atoms. The highest BCUT2D eigenvalue weighted by molar-refractivity contribution is 9.10. The Morgan fingerprint density at radius 3 is 2.50 bits per heavy atom. The van der Waals surface area contributed by atoms with Gasteiger partial charge in [-0.25, -0.2) is 0 Å². The van der Waals surface area contributed by atoms with Crippen molar-refractivity contribution in [2.45, 2.75) is 26.4 Å². The van der Waals surface area contributed by atoms with Crippen molar-refractivity contribution in [3.05, 3.63) is 28.2 Å². The number of likely N-dealkylation sites (N-methyl/N-ethyl adjacent to an activating group) is 1. The van der Waals surface area contributed by atoms with Crippen LogP contribution in [0.25, 0.3) is 0 Å². The van der Waals surface area contributed by atoms with Crippen LogP contribution in [-0.4, -0.2) is 43.1 Å². The summed E-state index contributed by atoms with van der Waals surface area (Å²) in [6.07, 6.45) is 0.467. The first kappa shape index (κ1) is 17.0. The van der Waals surface area contributed by atoms with Crippen molar-refractivity contribution < 1.29 is 9.90 Å². The molecule has 5 heteroatoms. The summed E-state index contributed by atoms with van der Waals surface area (Å²) in [5.74, 6) is 0.0740. The first-order chi connectivity index (χ1) is 9.36. The maximum atomic E-state index is 11.9. The maximum Gasteiger partial charge on any atom is 0.241 e. The molecule has 0 unspecified atom stereocenters. The largest absolute Gasteiger partial charge is 0.389 e. The summed E-state index contributed by atoms with van der Waals surface area (Å²) in [7, 11) is 3.52. The third kappa shape index (κ3) is 4.49. The van der Waals surface area contributed by atoms with E-state index in [-0.39, 0.29) is 5.91 Å². The number of aliphatic hydroxyl groups excluding tert-OH is 1. The Bertz CT molecular complexity index is 461. The molecule has 1 amide bonds. The molecule has 20 heavy (non-hydrogen) atoms. The van der Waals surface area contributed by atoms with Crippen LogP contribution in [0.2, 0.25) is 0 Å². The predicted molar refractivity (Wildman–Crippen MR) is 86.0 cm³/mol. The average Bonchev–Trinajstić information content (AvgIpc) is 2.37. The van der Waals surface area contributed by atoms with Crippen LogP contribution in [0.4, 0.5) is 5.69 Å². The first-order valence-electron chi connectivity index (χ1n) is 6.79. The zero-order valence-electron chi connectivity index (χ0n) is 12.6. The predicted octanol–water partition coefficient (Wildman–Crippen LogP) is 2.81. The summed E-state index contributed by atoms with van der Waals surface area (Å²) in [5, 5.41) is 9.60. The summed E-state index contributed by atoms with van der Waals surface area (Å²) in [6, 6.07) is 5.75. The normalized spacial score (nSPS) is 12.1. The van der Waals surface area contributed by atoms with E-state index in [1.807, 2.05) is 18.2 Å². The van der Waals surface area contributed by atoms with Crippen molar-refractivity contribution in [2.75, 3.05) is 32.1 Å². The molecule has 0 saturated carbocycles. The van der Waals surface area contributed by atoms with Crippen molar-refractivity contribution in [3.8, 4) is 0 Å². The lowest BCUT2D eigenvalue weighted by molar-refractivity contribution is -0.127. The maximum absolute atomic E-state index is 11.9. The van der Waals surface area contributed by atoms with Gasteiger partial charge in [0.1, 0.15) is 0 Å². The minimum atomic E-state index is -0.497. The van der Waals surface area contributed by atoms with E-state index >= 15 is 0 Å². The Labute approximate surface area is 129 Å². The van der Waals surface area contributed by atoms with Crippen molar-refractivity contribution in [1.82, 2.24) is 4.90 Å². The van der Waals surface area contributed by atoms with Gasteiger partial charge >= 0.3 is 0 Å². The van der Waals surface area contributed by atoms with E-state index < -0.39 is 6.10 Å². The van der Waals surface area contributed by atoms with Crippen molar-refractivity contribution in [1.29, 1.82) is 0 Å². The van der Waals surface area contributed by atoms with Crippen LogP contribution in [0.5, 0.6) is 0 Å². The Balaban J connectivity index is 2.99. The van der Waals surface area contributed by atoms with Crippen LogP contribution in [0.15, 0.2) is 22.7 Å². The van der Waals surface area contributed by atoms with Gasteiger partial charge in [-0.05, 0) is 47.0 Å². The van der Waals surface area contributed by atoms with Crippen LogP contribution in [0, 0.1) is 0 Å². The molecule has 1 N–H and O–H groups in total. The average molecular weight is 343 g/mol. The topological polar surface area (TPSA) is 43.8 Å². The Hall–Kier alpha value is -1.07. The van der Waals surface area contributed by atoms with Gasteiger partial charge in [0.2, 0.25) is 5.91 Å². The molecule has 0 aliphatic rings. The molecular weight excluding hydrogens is 320 g/mol. The molecule has 0 radical (unpaired) electrons. The number of hydrogen-bond donors (Lipinski definition) is 1. The molecule has 0 spiro atoms. The van der Waals surface area contributed by atoms with Gasteiger partial charge in [-0.2, -0.15) is 0 Å². The van der Waals surface area contributed by atoms with Crippen molar-refractivity contribution in [3.63, 3.8) is 0 Å². The molecule has 0 aliphatic heterocycles. The molecule has 0 heterocycles. The van der Waals surface area contributed by atoms with Crippen LogP contribution >= 0.6 is 15.9 Å². The molecule has 1 rings (SSSR count). The molecule has 0 fully saturated rings. The van der Waals surface area contributed by atoms with Crippen LogP contribution in [-0.2, 0) is 4.79 Å². The molecule has 1 aromatic rings. The van der Waals surface area contributed by atoms with E-state index in [0.717, 1.165) is 28.7 Å². The zero-order chi connectivity index (χ0) is 15.3. The minimum Gasteiger partial charge on any atom is -0.389 e. The smallest absolute Gasteiger partial charge is 0.241 e. The van der Waals surface area contributed by atoms with E-state index in [9.17, 15) is 9.90 Å². The highest BCUT2D eigenvalue weighted by Gasteiger charge is 2.15. The zero-order valence-corrected chi connectivity index (χ0v) is 14.1. The Morgan fingerprint density at radius 1 is 1.40 bits per heavy atom. The third-order valence-corrected chi connectivity index (χ3v) is 3.75. The highest BCUT2D eigenvalue weighted by atomic mass is 79.9. The van der Waals surface area contributed by atoms with Gasteiger partial charge < -0.3 is 14.9 Å². The van der Waals surface area contributed by atoms with E-state index in [4.69, 9.17) is 0 Å². The monoisotopic (exact) mass is 342 g/mol. The van der Waals surface area contributed by atoms with Gasteiger partial charge in [0, 0.05) is 25.1 Å². The number of rotatable bonds is 6. The fraction of sp³-hybridized carbons (Fsp3) is 0.533. The quantitative estimate of drug-likeness (QED) is 0.864. The number of hydrogen-bond acceptors (Lipinski definition) is 3. The Morgan fingerprint density at radius 2 is 2.05 bits per heavy atom. The number of halogens is 1. The molecule has 0 aromatic heterocycles. The standard InChI is InChI=1S/C15H23BrN2O2/c1-5-8-18(10-15(20)17(3)4)14-7-6-12(11(2)19)9-13(14)16/h6-7,9,11,19H,5,8,10H2,1-4H3/t11-/m0/s1. The molecule has 1 atom stereocenters. The number of amides is 1. The van der Waals surface area contributed by atoms with Gasteiger partial charge in [0.25, 0.3) is 0 Å². The van der Waals surface area contributed by atoms with E-state index in [1.165, 1.54) is 0 Å². The third-order valence-electron chi connectivity index (χ3n) is 3.11. The van der Waals surface area contributed by atoms with Crippen LogP contribution in [0.3, 0.4) is 0 Å². The SMILES string of the molecule is CCCN(CC(=O)N(C)C)c1ccc([C@H](C)O)cc1Br. The number of aliphatic hydroxyl groups is 1. The lowest BCUT2D eigenvalue weighted by atomic mass is 10.1. The van der Waals surface area contributed by atoms with Crippen molar-refractivity contribution in [2.24, 2.45) is 0 Å². The number of carbonyl (C=O) groups is 1. The minimum absolute atomic E-state index is 0.0740. The van der Waals surface area contributed by atoms with Gasteiger partial charge in [0.15, 0.2) is 0 Å². The molecule has 112 valence electrons. The number of anilines is 1. The van der Waals surface area contributed by atoms with E-state index in [1.54, 1.807) is 25.9 Å². The van der Waals surface area contributed by atoms with Crippen LogP contribution in [0.1, 0.15) is 31.9 Å². The summed E-state index contributed by atoms with van der Waals surface area (Å²) in [4.78, 5) is 15.6. The summed E-state index contributed by atoms with van der Waals surface area (Å²) < 4.78 is 0.899. The molecule has 4 nitrogen and oxygen atoms in total. The lowest BCUT2D eigenvalue weighted by Crippen LogP contribution is -2.37. The number of carbonyl (C=O) groups excluding carboxylic acids is 1. The molecule has 0 saturated heterocycles. The lowest BCUT2D eigenvalue weighted by Gasteiger charge is -2.26. The second-order valence-corrected chi connectivity index (χ2v) is 5.95. The second kappa shape index (κ2) is 7.64. The number of nitrogens with zero attached hydrogens (tertiary/aromatic N) is 2. The number of benzene rings is 1. The second-order valence-electron chi connectivity index (χ2n) is 5.10. The van der Waals surface area contributed by atoms with Crippen LogP contribution < -0.4 is 4.90 Å². The summed E-state index contributed by atoms with van der Waals surface area (Å²) in [6.45, 7) is 4.99. The summed E-state index contributed by atoms with van der Waals surface area (Å²) >= 11 is 3.54. The fourth-order valence-corrected chi connectivity index (χ4v) is 2.55. The molecule has 0 aliphatic carbocycles. The van der Waals surface area contributed by atoms with E-state index in [2.05, 4.69) is 27.8 Å². The molecule has 1 aromatic carbocycles. The molecular formula is C15H23BrN2O2. The van der Waals surface area contributed by atoms with Gasteiger partial charge in [0.05, 0.1) is 18.3 Å². The first-order valence-corrected chi connectivity index (χ1v) is 7.58. The van der Waals surface area contributed by atoms with Gasteiger partial charge in [-0.1, -0.05) is 13.0 Å². The van der Waals surface area contributed by atoms with Crippen molar-refractivity contribution >= 4 is 27.5 Å². The summed E-state index contributed by atoms with van der Waals surface area (Å²) in [5.41, 5.74) is 1.84.